The van der Waals surface area contributed by atoms with Crippen LogP contribution < -0.4 is 0 Å². The van der Waals surface area contributed by atoms with E-state index in [1.165, 1.54) is 41.8 Å². The zero-order valence-electron chi connectivity index (χ0n) is 12.6. The van der Waals surface area contributed by atoms with Gasteiger partial charge >= 0.3 is 0 Å². The molecule has 0 amide bonds. The van der Waals surface area contributed by atoms with E-state index < -0.39 is 0 Å². The van der Waals surface area contributed by atoms with E-state index in [4.69, 9.17) is 0 Å². The molecule has 0 saturated carbocycles. The van der Waals surface area contributed by atoms with Crippen molar-refractivity contribution in [2.45, 2.75) is 12.3 Å². The van der Waals surface area contributed by atoms with E-state index in [2.05, 4.69) is 95.4 Å². The average molecular weight is 406 g/mol. The second-order valence-corrected chi connectivity index (χ2v) is 7.47. The fourth-order valence-electron chi connectivity index (χ4n) is 4.13. The zero-order chi connectivity index (χ0) is 15.4. The van der Waals surface area contributed by atoms with E-state index in [9.17, 15) is 0 Å². The van der Waals surface area contributed by atoms with Crippen LogP contribution in [0.3, 0.4) is 0 Å². The van der Waals surface area contributed by atoms with Gasteiger partial charge in [-0.2, -0.15) is 0 Å². The van der Waals surface area contributed by atoms with Crippen molar-refractivity contribution in [2.75, 3.05) is 0 Å². The Bertz CT molecular complexity index is 1050. The highest BCUT2D eigenvalue weighted by molar-refractivity contribution is 14.1. The highest BCUT2D eigenvalue weighted by Crippen LogP contribution is 2.44. The predicted molar refractivity (Wildman–Crippen MR) is 106 cm³/mol. The van der Waals surface area contributed by atoms with Gasteiger partial charge < -0.3 is 0 Å². The minimum atomic E-state index is 0.468. The lowest BCUT2D eigenvalue weighted by atomic mass is 9.88. The van der Waals surface area contributed by atoms with E-state index in [0.717, 1.165) is 6.42 Å². The van der Waals surface area contributed by atoms with Crippen LogP contribution in [0.2, 0.25) is 0 Å². The monoisotopic (exact) mass is 406 g/mol. The molecule has 0 heterocycles. The molecule has 0 N–H and O–H groups in total. The summed E-state index contributed by atoms with van der Waals surface area (Å²) in [7, 11) is 0. The van der Waals surface area contributed by atoms with Crippen LogP contribution in [0.15, 0.2) is 72.8 Å². The van der Waals surface area contributed by atoms with Gasteiger partial charge in [0.25, 0.3) is 0 Å². The van der Waals surface area contributed by atoms with Crippen LogP contribution in [0.25, 0.3) is 21.5 Å². The summed E-state index contributed by atoms with van der Waals surface area (Å²) in [6.45, 7) is 0. The van der Waals surface area contributed by atoms with Gasteiger partial charge in [-0.1, -0.05) is 66.7 Å². The first-order chi connectivity index (χ1) is 11.3. The molecule has 1 aliphatic carbocycles. The molecular weight excluding hydrogens is 391 g/mol. The third kappa shape index (κ3) is 1.96. The molecule has 4 aromatic carbocycles. The van der Waals surface area contributed by atoms with Crippen LogP contribution in [0, 0.1) is 3.57 Å². The normalized spacial score (nSPS) is 16.3. The Morgan fingerprint density at radius 3 is 1.96 bits per heavy atom. The Morgan fingerprint density at radius 2 is 1.22 bits per heavy atom. The highest BCUT2D eigenvalue weighted by Gasteiger charge is 2.26. The minimum Gasteiger partial charge on any atom is -0.0614 e. The van der Waals surface area contributed by atoms with Gasteiger partial charge in [-0.05, 0) is 73.3 Å². The molecule has 1 atom stereocenters. The van der Waals surface area contributed by atoms with Crippen LogP contribution in [0.1, 0.15) is 22.6 Å². The molecule has 1 heteroatoms. The molecular formula is C22H15I. The molecule has 23 heavy (non-hydrogen) atoms. The third-order valence-corrected chi connectivity index (χ3v) is 5.98. The van der Waals surface area contributed by atoms with Crippen molar-refractivity contribution < 1.29 is 0 Å². The Morgan fingerprint density at radius 1 is 0.652 bits per heavy atom. The molecule has 0 fully saturated rings. The standard InChI is InChI=1S/C22H15I/c23-20-12-4-8-15-7-3-11-18(22(15)20)19-13-16-9-1-5-14-6-2-10-17(19)21(14)16/h1-12,19H,13H2/t19-/m0/s1. The SMILES string of the molecule is Ic1cccc2cccc([C@H]3Cc4cccc5cccc3c45)c12. The maximum Gasteiger partial charge on any atom is 0.0211 e. The number of halogens is 1. The van der Waals surface area contributed by atoms with Gasteiger partial charge in [0.15, 0.2) is 0 Å². The summed E-state index contributed by atoms with van der Waals surface area (Å²) >= 11 is 2.48. The fourth-order valence-corrected chi connectivity index (χ4v) is 4.96. The number of hydrogen-bond donors (Lipinski definition) is 0. The third-order valence-electron chi connectivity index (χ3n) is 5.08. The number of fused-ring (bicyclic) bond motifs is 1. The van der Waals surface area contributed by atoms with E-state index in [-0.39, 0.29) is 0 Å². The molecule has 0 saturated heterocycles. The Balaban J connectivity index is 1.82. The van der Waals surface area contributed by atoms with Gasteiger partial charge in [-0.3, -0.25) is 0 Å². The molecule has 0 aromatic heterocycles. The minimum absolute atomic E-state index is 0.468. The lowest BCUT2D eigenvalue weighted by Crippen LogP contribution is -2.00. The van der Waals surface area contributed by atoms with Gasteiger partial charge in [0.1, 0.15) is 0 Å². The molecule has 0 aliphatic heterocycles. The molecule has 0 radical (unpaired) electrons. The number of benzene rings is 4. The molecule has 0 unspecified atom stereocenters. The van der Waals surface area contributed by atoms with Crippen molar-refractivity contribution in [1.29, 1.82) is 0 Å². The predicted octanol–water partition coefficient (Wildman–Crippen LogP) is 6.29. The summed E-state index contributed by atoms with van der Waals surface area (Å²) in [4.78, 5) is 0. The van der Waals surface area contributed by atoms with Crippen molar-refractivity contribution in [3.63, 3.8) is 0 Å². The molecule has 110 valence electrons. The summed E-state index contributed by atoms with van der Waals surface area (Å²) in [5.41, 5.74) is 4.45. The average Bonchev–Trinajstić information content (AvgIpc) is 2.96. The molecule has 1 aliphatic rings. The largest absolute Gasteiger partial charge is 0.0614 e. The van der Waals surface area contributed by atoms with Crippen LogP contribution in [0.4, 0.5) is 0 Å². The van der Waals surface area contributed by atoms with E-state index in [0.29, 0.717) is 5.92 Å². The van der Waals surface area contributed by atoms with Gasteiger partial charge in [0.05, 0.1) is 0 Å². The fraction of sp³-hybridized carbons (Fsp3) is 0.0909. The molecule has 0 nitrogen and oxygen atoms in total. The number of hydrogen-bond acceptors (Lipinski definition) is 0. The quantitative estimate of drug-likeness (QED) is 0.326. The van der Waals surface area contributed by atoms with Crippen molar-refractivity contribution in [2.24, 2.45) is 0 Å². The van der Waals surface area contributed by atoms with Crippen molar-refractivity contribution >= 4 is 44.1 Å². The lowest BCUT2D eigenvalue weighted by molar-refractivity contribution is 0.856. The van der Waals surface area contributed by atoms with E-state index in [1.54, 1.807) is 0 Å². The van der Waals surface area contributed by atoms with Crippen molar-refractivity contribution in [3.8, 4) is 0 Å². The Labute approximate surface area is 149 Å². The zero-order valence-corrected chi connectivity index (χ0v) is 14.7. The lowest BCUT2D eigenvalue weighted by Gasteiger charge is -2.16. The number of rotatable bonds is 1. The Kier molecular flexibility index (Phi) is 2.99. The summed E-state index contributed by atoms with van der Waals surface area (Å²) in [5.74, 6) is 0.468. The van der Waals surface area contributed by atoms with Gasteiger partial charge in [-0.15, -0.1) is 0 Å². The maximum atomic E-state index is 2.48. The molecule has 5 rings (SSSR count). The van der Waals surface area contributed by atoms with Gasteiger partial charge in [0.2, 0.25) is 0 Å². The van der Waals surface area contributed by atoms with Crippen LogP contribution in [-0.2, 0) is 6.42 Å². The smallest absolute Gasteiger partial charge is 0.0211 e. The first-order valence-corrected chi connectivity index (χ1v) is 9.08. The summed E-state index contributed by atoms with van der Waals surface area (Å²) in [6, 6.07) is 26.8. The maximum absolute atomic E-state index is 2.48. The van der Waals surface area contributed by atoms with E-state index >= 15 is 0 Å². The van der Waals surface area contributed by atoms with E-state index in [1.807, 2.05) is 0 Å². The van der Waals surface area contributed by atoms with Gasteiger partial charge in [-0.25, -0.2) is 0 Å². The van der Waals surface area contributed by atoms with Crippen LogP contribution in [0.5, 0.6) is 0 Å². The van der Waals surface area contributed by atoms with Crippen LogP contribution >= 0.6 is 22.6 Å². The first kappa shape index (κ1) is 13.6. The van der Waals surface area contributed by atoms with Crippen molar-refractivity contribution in [3.05, 3.63) is 93.1 Å². The molecule has 0 bridgehead atoms. The first-order valence-electron chi connectivity index (χ1n) is 8.00. The van der Waals surface area contributed by atoms with Crippen LogP contribution in [-0.4, -0.2) is 0 Å². The Hall–Kier alpha value is -1.87. The molecule has 0 spiro atoms. The summed E-state index contributed by atoms with van der Waals surface area (Å²) in [6.07, 6.45) is 1.11. The topological polar surface area (TPSA) is 0 Å². The second-order valence-electron chi connectivity index (χ2n) is 6.30. The highest BCUT2D eigenvalue weighted by atomic mass is 127. The summed E-state index contributed by atoms with van der Waals surface area (Å²) in [5, 5.41) is 5.61. The summed E-state index contributed by atoms with van der Waals surface area (Å²) < 4.78 is 1.35. The van der Waals surface area contributed by atoms with Gasteiger partial charge in [0, 0.05) is 9.49 Å². The van der Waals surface area contributed by atoms with Crippen molar-refractivity contribution in [1.82, 2.24) is 0 Å². The second kappa shape index (κ2) is 5.07. The molecule has 4 aromatic rings.